The van der Waals surface area contributed by atoms with E-state index in [4.69, 9.17) is 0 Å². The number of nitriles is 1. The molecule has 21 heavy (non-hydrogen) atoms. The summed E-state index contributed by atoms with van der Waals surface area (Å²) in [7, 11) is 0. The molecule has 3 rings (SSSR count). The Labute approximate surface area is 125 Å². The van der Waals surface area contributed by atoms with E-state index >= 15 is 0 Å². The molecule has 0 amide bonds. The lowest BCUT2D eigenvalue weighted by Gasteiger charge is -2.26. The number of rotatable bonds is 3. The van der Waals surface area contributed by atoms with Crippen LogP contribution in [0.1, 0.15) is 17.0 Å². The molecule has 3 nitrogen and oxygen atoms in total. The fraction of sp³-hybridized carbons (Fsp3) is 0.278. The summed E-state index contributed by atoms with van der Waals surface area (Å²) in [5.41, 5.74) is 3.65. The molecule has 1 aliphatic rings. The molecule has 1 N–H and O–H groups in total. The molecule has 0 spiro atoms. The molecule has 1 unspecified atom stereocenters. The van der Waals surface area contributed by atoms with E-state index in [1.54, 1.807) is 0 Å². The molecule has 0 aliphatic carbocycles. The summed E-state index contributed by atoms with van der Waals surface area (Å²) in [4.78, 5) is 2.33. The molecule has 0 saturated carbocycles. The smallest absolute Gasteiger partial charge is 0.0887 e. The zero-order chi connectivity index (χ0) is 14.5. The molecule has 0 fully saturated rings. The van der Waals surface area contributed by atoms with Crippen LogP contribution >= 0.6 is 0 Å². The molecule has 0 aromatic heterocycles. The fourth-order valence-corrected chi connectivity index (χ4v) is 2.84. The van der Waals surface area contributed by atoms with Gasteiger partial charge in [-0.1, -0.05) is 48.5 Å². The van der Waals surface area contributed by atoms with Gasteiger partial charge in [0, 0.05) is 31.9 Å². The Hall–Kier alpha value is -2.31. The topological polar surface area (TPSA) is 39.1 Å². The number of fused-ring (bicyclic) bond motifs is 1. The zero-order valence-electron chi connectivity index (χ0n) is 12.0. The van der Waals surface area contributed by atoms with Crippen LogP contribution in [-0.2, 0) is 6.54 Å². The van der Waals surface area contributed by atoms with Crippen LogP contribution in [-0.4, -0.2) is 19.6 Å². The Morgan fingerprint density at radius 2 is 1.86 bits per heavy atom. The maximum absolute atomic E-state index is 9.54. The number of nitrogens with one attached hydrogen (secondary N) is 1. The van der Waals surface area contributed by atoms with Gasteiger partial charge in [0.2, 0.25) is 0 Å². The molecule has 0 radical (unpaired) electrons. The van der Waals surface area contributed by atoms with Gasteiger partial charge in [-0.3, -0.25) is 0 Å². The first-order valence-electron chi connectivity index (χ1n) is 7.36. The van der Waals surface area contributed by atoms with Crippen molar-refractivity contribution in [2.24, 2.45) is 0 Å². The average Bonchev–Trinajstić information content (AvgIpc) is 2.76. The normalized spacial score (nSPS) is 15.7. The third-order valence-corrected chi connectivity index (χ3v) is 3.97. The van der Waals surface area contributed by atoms with Gasteiger partial charge in [0.05, 0.1) is 12.0 Å². The van der Waals surface area contributed by atoms with E-state index < -0.39 is 0 Å². The number of hydrogen-bond donors (Lipinski definition) is 1. The summed E-state index contributed by atoms with van der Waals surface area (Å²) < 4.78 is 0. The average molecular weight is 277 g/mol. The molecule has 1 atom stereocenters. The lowest BCUT2D eigenvalue weighted by Crippen LogP contribution is -2.32. The van der Waals surface area contributed by atoms with E-state index in [0.717, 1.165) is 31.7 Å². The largest absolute Gasteiger partial charge is 0.368 e. The highest BCUT2D eigenvalue weighted by atomic mass is 15.2. The van der Waals surface area contributed by atoms with E-state index in [1.807, 2.05) is 30.3 Å². The van der Waals surface area contributed by atoms with E-state index in [1.165, 1.54) is 11.3 Å². The minimum absolute atomic E-state index is 0.0997. The van der Waals surface area contributed by atoms with Gasteiger partial charge in [-0.15, -0.1) is 0 Å². The van der Waals surface area contributed by atoms with Crippen LogP contribution in [0.4, 0.5) is 5.69 Å². The molecule has 2 aromatic carbocycles. The van der Waals surface area contributed by atoms with E-state index in [-0.39, 0.29) is 5.92 Å². The second kappa shape index (κ2) is 6.43. The second-order valence-electron chi connectivity index (χ2n) is 5.34. The molecule has 106 valence electrons. The Kier molecular flexibility index (Phi) is 4.18. The number of nitrogens with zero attached hydrogens (tertiary/aromatic N) is 2. The maximum atomic E-state index is 9.54. The van der Waals surface area contributed by atoms with Gasteiger partial charge in [0.25, 0.3) is 0 Å². The van der Waals surface area contributed by atoms with Crippen molar-refractivity contribution in [3.8, 4) is 6.07 Å². The minimum Gasteiger partial charge on any atom is -0.368 e. The Morgan fingerprint density at radius 3 is 2.67 bits per heavy atom. The number of anilines is 1. The van der Waals surface area contributed by atoms with Crippen molar-refractivity contribution in [3.05, 3.63) is 65.7 Å². The van der Waals surface area contributed by atoms with Gasteiger partial charge >= 0.3 is 0 Å². The van der Waals surface area contributed by atoms with Gasteiger partial charge in [-0.05, 0) is 17.2 Å². The van der Waals surface area contributed by atoms with Crippen molar-refractivity contribution >= 4 is 5.69 Å². The van der Waals surface area contributed by atoms with Crippen molar-refractivity contribution in [2.75, 3.05) is 24.5 Å². The molecule has 0 bridgehead atoms. The number of benzene rings is 2. The van der Waals surface area contributed by atoms with Crippen molar-refractivity contribution in [1.82, 2.24) is 5.32 Å². The maximum Gasteiger partial charge on any atom is 0.0887 e. The van der Waals surface area contributed by atoms with Gasteiger partial charge in [0.15, 0.2) is 0 Å². The summed E-state index contributed by atoms with van der Waals surface area (Å²) in [5, 5.41) is 13.0. The first-order chi connectivity index (χ1) is 10.4. The standard InChI is InChI=1S/C18H19N3/c19-12-17(15-6-2-1-3-7-15)14-21-11-10-20-13-16-8-4-5-9-18(16)21/h1-9,17,20H,10-11,13-14H2. The Balaban J connectivity index is 1.85. The highest BCUT2D eigenvalue weighted by Crippen LogP contribution is 2.25. The van der Waals surface area contributed by atoms with Crippen LogP contribution in [0, 0.1) is 11.3 Å². The number of hydrogen-bond acceptors (Lipinski definition) is 3. The monoisotopic (exact) mass is 277 g/mol. The van der Waals surface area contributed by atoms with Gasteiger partial charge in [-0.2, -0.15) is 5.26 Å². The van der Waals surface area contributed by atoms with Crippen molar-refractivity contribution in [3.63, 3.8) is 0 Å². The molecule has 0 saturated heterocycles. The molecule has 1 aliphatic heterocycles. The van der Waals surface area contributed by atoms with Gasteiger partial charge < -0.3 is 10.2 Å². The molecule has 2 aromatic rings. The van der Waals surface area contributed by atoms with Crippen molar-refractivity contribution < 1.29 is 0 Å². The molecular formula is C18H19N3. The summed E-state index contributed by atoms with van der Waals surface area (Å²) in [5.74, 6) is -0.0997. The predicted octanol–water partition coefficient (Wildman–Crippen LogP) is 2.90. The van der Waals surface area contributed by atoms with Crippen LogP contribution in [0.15, 0.2) is 54.6 Å². The lowest BCUT2D eigenvalue weighted by atomic mass is 9.99. The van der Waals surface area contributed by atoms with Gasteiger partial charge in [-0.25, -0.2) is 0 Å². The van der Waals surface area contributed by atoms with Crippen molar-refractivity contribution in [2.45, 2.75) is 12.5 Å². The Bertz CT molecular complexity index is 630. The van der Waals surface area contributed by atoms with Crippen LogP contribution in [0.5, 0.6) is 0 Å². The van der Waals surface area contributed by atoms with Gasteiger partial charge in [0.1, 0.15) is 0 Å². The second-order valence-corrected chi connectivity index (χ2v) is 5.34. The highest BCUT2D eigenvalue weighted by molar-refractivity contribution is 5.55. The zero-order valence-corrected chi connectivity index (χ0v) is 12.0. The molecule has 1 heterocycles. The first kappa shape index (κ1) is 13.7. The lowest BCUT2D eigenvalue weighted by molar-refractivity contribution is 0.675. The van der Waals surface area contributed by atoms with Crippen LogP contribution < -0.4 is 10.2 Å². The Morgan fingerprint density at radius 1 is 1.10 bits per heavy atom. The van der Waals surface area contributed by atoms with E-state index in [2.05, 4.69) is 40.6 Å². The highest BCUT2D eigenvalue weighted by Gasteiger charge is 2.19. The van der Waals surface area contributed by atoms with Crippen LogP contribution in [0.3, 0.4) is 0 Å². The van der Waals surface area contributed by atoms with Crippen LogP contribution in [0.2, 0.25) is 0 Å². The summed E-state index contributed by atoms with van der Waals surface area (Å²) in [6, 6.07) is 21.0. The fourth-order valence-electron chi connectivity index (χ4n) is 2.84. The summed E-state index contributed by atoms with van der Waals surface area (Å²) in [6.45, 7) is 3.51. The van der Waals surface area contributed by atoms with E-state index in [9.17, 15) is 5.26 Å². The van der Waals surface area contributed by atoms with Crippen LogP contribution in [0.25, 0.3) is 0 Å². The van der Waals surface area contributed by atoms with E-state index in [0.29, 0.717) is 0 Å². The first-order valence-corrected chi connectivity index (χ1v) is 7.36. The third-order valence-electron chi connectivity index (χ3n) is 3.97. The SMILES string of the molecule is N#CC(CN1CCNCc2ccccc21)c1ccccc1. The third kappa shape index (κ3) is 3.07. The minimum atomic E-state index is -0.0997. The predicted molar refractivity (Wildman–Crippen MR) is 85.2 cm³/mol. The molecular weight excluding hydrogens is 258 g/mol. The van der Waals surface area contributed by atoms with Crippen molar-refractivity contribution in [1.29, 1.82) is 5.26 Å². The summed E-state index contributed by atoms with van der Waals surface area (Å²) >= 11 is 0. The summed E-state index contributed by atoms with van der Waals surface area (Å²) in [6.07, 6.45) is 0. The quantitative estimate of drug-likeness (QED) is 0.937. The molecule has 3 heteroatoms. The number of para-hydroxylation sites is 1.